The normalized spacial score (nSPS) is 11.1. The van der Waals surface area contributed by atoms with Crippen LogP contribution in [0.4, 0.5) is 11.5 Å². The van der Waals surface area contributed by atoms with Gasteiger partial charge in [0.25, 0.3) is 15.9 Å². The summed E-state index contributed by atoms with van der Waals surface area (Å²) in [6.07, 6.45) is 0. The Morgan fingerprint density at radius 1 is 0.944 bits per heavy atom. The van der Waals surface area contributed by atoms with Crippen LogP contribution in [-0.4, -0.2) is 30.3 Å². The maximum absolute atomic E-state index is 12.5. The number of hydrogen-bond acceptors (Lipinski definition) is 8. The van der Waals surface area contributed by atoms with Gasteiger partial charge in [-0.15, -0.1) is 10.2 Å². The number of sulfonamides is 1. The Morgan fingerprint density at radius 2 is 1.67 bits per heavy atom. The van der Waals surface area contributed by atoms with Gasteiger partial charge < -0.3 is 14.5 Å². The van der Waals surface area contributed by atoms with Gasteiger partial charge in [0.15, 0.2) is 22.5 Å². The lowest BCUT2D eigenvalue weighted by Gasteiger charge is -2.08. The van der Waals surface area contributed by atoms with Crippen LogP contribution in [0.15, 0.2) is 82.1 Å². The van der Waals surface area contributed by atoms with Gasteiger partial charge in [0.1, 0.15) is 18.1 Å². The molecule has 2 heterocycles. The van der Waals surface area contributed by atoms with Crippen molar-refractivity contribution in [1.29, 1.82) is 0 Å². The molecule has 0 aliphatic carbocycles. The summed E-state index contributed by atoms with van der Waals surface area (Å²) in [6, 6.07) is 18.1. The highest BCUT2D eigenvalue weighted by atomic mass is 35.5. The minimum absolute atomic E-state index is 0.0162. The molecular weight excluding hydrogens is 508 g/mol. The fourth-order valence-electron chi connectivity index (χ4n) is 2.99. The number of aromatic nitrogens is 2. The first kappa shape index (κ1) is 24.9. The molecule has 0 fully saturated rings. The van der Waals surface area contributed by atoms with E-state index in [1.807, 2.05) is 0 Å². The minimum atomic E-state index is -3.91. The maximum atomic E-state index is 12.5. The molecular formula is C24H19ClN4O6S. The topological polar surface area (TPSA) is 140 Å². The molecule has 0 bridgehead atoms. The van der Waals surface area contributed by atoms with Crippen molar-refractivity contribution in [2.45, 2.75) is 18.4 Å². The highest BCUT2D eigenvalue weighted by Crippen LogP contribution is 2.20. The number of anilines is 2. The smallest absolute Gasteiger partial charge is 0.291 e. The van der Waals surface area contributed by atoms with E-state index in [4.69, 9.17) is 20.8 Å². The fraction of sp³-hybridized carbons (Fsp3) is 0.0833. The summed E-state index contributed by atoms with van der Waals surface area (Å²) < 4.78 is 38.5. The zero-order valence-electron chi connectivity index (χ0n) is 18.8. The number of rotatable bonds is 9. The lowest BCUT2D eigenvalue weighted by molar-refractivity contribution is 0.0990. The molecule has 1 amide bonds. The summed E-state index contributed by atoms with van der Waals surface area (Å²) in [5.74, 6) is 0.493. The number of nitrogens with zero attached hydrogens (tertiary/aromatic N) is 2. The van der Waals surface area contributed by atoms with Crippen molar-refractivity contribution in [2.75, 3.05) is 10.0 Å². The molecule has 12 heteroatoms. The van der Waals surface area contributed by atoms with E-state index in [0.29, 0.717) is 22.8 Å². The summed E-state index contributed by atoms with van der Waals surface area (Å²) in [5.41, 5.74) is 0.946. The molecule has 0 saturated carbocycles. The Morgan fingerprint density at radius 3 is 2.31 bits per heavy atom. The Bertz CT molecular complexity index is 1490. The average Bonchev–Trinajstić information content (AvgIpc) is 3.34. The van der Waals surface area contributed by atoms with Crippen molar-refractivity contribution < 1.29 is 27.2 Å². The number of benzene rings is 2. The van der Waals surface area contributed by atoms with Crippen LogP contribution in [-0.2, 0) is 16.6 Å². The van der Waals surface area contributed by atoms with E-state index >= 15 is 0 Å². The summed E-state index contributed by atoms with van der Waals surface area (Å²) in [4.78, 5) is 23.8. The number of amides is 1. The molecule has 2 aromatic carbocycles. The van der Waals surface area contributed by atoms with Crippen LogP contribution in [0.1, 0.15) is 33.6 Å². The van der Waals surface area contributed by atoms with Crippen LogP contribution in [0.5, 0.6) is 5.75 Å². The zero-order valence-corrected chi connectivity index (χ0v) is 20.3. The van der Waals surface area contributed by atoms with E-state index in [0.717, 1.165) is 0 Å². The van der Waals surface area contributed by atoms with Crippen molar-refractivity contribution in [1.82, 2.24) is 10.2 Å². The van der Waals surface area contributed by atoms with Crippen molar-refractivity contribution in [2.24, 2.45) is 0 Å². The predicted octanol–water partition coefficient (Wildman–Crippen LogP) is 4.56. The first-order valence-electron chi connectivity index (χ1n) is 10.5. The first-order chi connectivity index (χ1) is 17.2. The molecule has 36 heavy (non-hydrogen) atoms. The highest BCUT2D eigenvalue weighted by molar-refractivity contribution is 7.92. The van der Waals surface area contributed by atoms with Gasteiger partial charge in [0.05, 0.1) is 4.90 Å². The van der Waals surface area contributed by atoms with Crippen LogP contribution in [0.3, 0.4) is 0 Å². The molecule has 0 unspecified atom stereocenters. The van der Waals surface area contributed by atoms with Crippen LogP contribution < -0.4 is 14.8 Å². The number of halogens is 1. The molecule has 10 nitrogen and oxygen atoms in total. The molecule has 0 aliphatic rings. The molecule has 0 spiro atoms. The van der Waals surface area contributed by atoms with Crippen molar-refractivity contribution in [3.05, 3.63) is 95.0 Å². The minimum Gasteiger partial charge on any atom is -0.486 e. The van der Waals surface area contributed by atoms with Gasteiger partial charge in [-0.05, 0) is 79.7 Å². The number of ether oxygens (including phenoxy) is 1. The number of furan rings is 1. The quantitative estimate of drug-likeness (QED) is 0.302. The first-order valence-corrected chi connectivity index (χ1v) is 12.3. The second kappa shape index (κ2) is 10.6. The van der Waals surface area contributed by atoms with E-state index in [-0.39, 0.29) is 34.0 Å². The van der Waals surface area contributed by atoms with E-state index in [2.05, 4.69) is 20.2 Å². The number of carbonyl (C=O) groups is 2. The number of Topliss-reactive ketones (excluding diaryl/α,β-unsaturated/α-hetero) is 1. The van der Waals surface area contributed by atoms with Gasteiger partial charge in [-0.2, -0.15) is 0 Å². The lowest BCUT2D eigenvalue weighted by Crippen LogP contribution is -2.15. The largest absolute Gasteiger partial charge is 0.486 e. The van der Waals surface area contributed by atoms with Gasteiger partial charge in [-0.1, -0.05) is 11.6 Å². The molecule has 0 saturated heterocycles. The number of hydrogen-bond donors (Lipinski definition) is 2. The standard InChI is InChI=1S/C24H19ClN4O6S/c1-15(30)16-2-6-18(7-3-16)34-14-19-8-11-21(35-19)24(31)26-17-4-9-20(10-5-17)36(32,33)29-23-13-12-22(25)27-28-23/h2-13H,14H2,1H3,(H,26,31)(H,28,29). The van der Waals surface area contributed by atoms with E-state index < -0.39 is 15.9 Å². The number of carbonyl (C=O) groups excluding carboxylic acids is 2. The zero-order chi connectivity index (χ0) is 25.7. The monoisotopic (exact) mass is 526 g/mol. The molecule has 2 N–H and O–H groups in total. The van der Waals surface area contributed by atoms with Crippen LogP contribution in [0.2, 0.25) is 5.15 Å². The average molecular weight is 527 g/mol. The van der Waals surface area contributed by atoms with Crippen LogP contribution in [0.25, 0.3) is 0 Å². The van der Waals surface area contributed by atoms with E-state index in [9.17, 15) is 18.0 Å². The van der Waals surface area contributed by atoms with Gasteiger partial charge >= 0.3 is 0 Å². The SMILES string of the molecule is CC(=O)c1ccc(OCc2ccc(C(=O)Nc3ccc(S(=O)(=O)Nc4ccc(Cl)nn4)cc3)o2)cc1. The molecule has 2 aromatic heterocycles. The number of nitrogens with one attached hydrogen (secondary N) is 2. The Balaban J connectivity index is 1.34. The van der Waals surface area contributed by atoms with E-state index in [1.54, 1.807) is 30.3 Å². The van der Waals surface area contributed by atoms with Gasteiger partial charge in [0.2, 0.25) is 0 Å². The predicted molar refractivity (Wildman–Crippen MR) is 132 cm³/mol. The molecule has 4 aromatic rings. The molecule has 4 rings (SSSR count). The highest BCUT2D eigenvalue weighted by Gasteiger charge is 2.16. The Hall–Kier alpha value is -4.22. The third-order valence-corrected chi connectivity index (χ3v) is 6.39. The molecule has 184 valence electrons. The molecule has 0 atom stereocenters. The summed E-state index contributed by atoms with van der Waals surface area (Å²) in [7, 11) is -3.91. The third-order valence-electron chi connectivity index (χ3n) is 4.82. The van der Waals surface area contributed by atoms with E-state index in [1.165, 1.54) is 49.4 Å². The lowest BCUT2D eigenvalue weighted by atomic mass is 10.1. The summed E-state index contributed by atoms with van der Waals surface area (Å²) in [6.45, 7) is 1.57. The second-order valence-corrected chi connectivity index (χ2v) is 9.53. The van der Waals surface area contributed by atoms with Gasteiger partial charge in [-0.25, -0.2) is 8.42 Å². The van der Waals surface area contributed by atoms with Crippen LogP contribution in [0, 0.1) is 0 Å². The third kappa shape index (κ3) is 6.26. The Kier molecular flexibility index (Phi) is 7.32. The van der Waals surface area contributed by atoms with Gasteiger partial charge in [-0.3, -0.25) is 14.3 Å². The molecule has 0 aliphatic heterocycles. The van der Waals surface area contributed by atoms with Crippen molar-refractivity contribution >= 4 is 44.8 Å². The number of ketones is 1. The van der Waals surface area contributed by atoms with Gasteiger partial charge in [0, 0.05) is 11.3 Å². The van der Waals surface area contributed by atoms with Crippen LogP contribution >= 0.6 is 11.6 Å². The van der Waals surface area contributed by atoms with Crippen molar-refractivity contribution in [3.8, 4) is 5.75 Å². The Labute approximate surface area is 211 Å². The fourth-order valence-corrected chi connectivity index (χ4v) is 4.09. The van der Waals surface area contributed by atoms with Crippen molar-refractivity contribution in [3.63, 3.8) is 0 Å². The second-order valence-electron chi connectivity index (χ2n) is 7.46. The summed E-state index contributed by atoms with van der Waals surface area (Å²) >= 11 is 5.65. The molecule has 0 radical (unpaired) electrons. The summed E-state index contributed by atoms with van der Waals surface area (Å²) in [5, 5.41) is 10.0. The maximum Gasteiger partial charge on any atom is 0.291 e.